The summed E-state index contributed by atoms with van der Waals surface area (Å²) in [6.45, 7) is 0.818. The summed E-state index contributed by atoms with van der Waals surface area (Å²) in [7, 11) is 0. The molecular weight excluding hydrogens is 358 g/mol. The highest BCUT2D eigenvalue weighted by atomic mass is 79.9. The third-order valence-electron chi connectivity index (χ3n) is 3.00. The molecule has 1 saturated carbocycles. The van der Waals surface area contributed by atoms with E-state index in [-0.39, 0.29) is 0 Å². The molecule has 1 aliphatic carbocycles. The van der Waals surface area contributed by atoms with Gasteiger partial charge < -0.3 is 9.73 Å². The Hall–Kier alpha value is -0.580. The fourth-order valence-corrected chi connectivity index (χ4v) is 3.08. The van der Waals surface area contributed by atoms with Crippen molar-refractivity contribution in [2.75, 3.05) is 0 Å². The van der Waals surface area contributed by atoms with Gasteiger partial charge in [0.1, 0.15) is 11.5 Å². The molecule has 1 fully saturated rings. The summed E-state index contributed by atoms with van der Waals surface area (Å²) >= 11 is 7.01. The van der Waals surface area contributed by atoms with Gasteiger partial charge in [-0.1, -0.05) is 15.9 Å². The van der Waals surface area contributed by atoms with Crippen LogP contribution in [-0.4, -0.2) is 6.04 Å². The number of halogens is 2. The van der Waals surface area contributed by atoms with Crippen molar-refractivity contribution in [1.29, 1.82) is 0 Å². The lowest BCUT2D eigenvalue weighted by atomic mass is 10.2. The Kier molecular flexibility index (Phi) is 3.59. The summed E-state index contributed by atoms with van der Waals surface area (Å²) in [6, 6.07) is 10.9. The molecule has 1 heterocycles. The van der Waals surface area contributed by atoms with Crippen molar-refractivity contribution in [3.63, 3.8) is 0 Å². The van der Waals surface area contributed by atoms with E-state index < -0.39 is 0 Å². The molecule has 0 aliphatic heterocycles. The lowest BCUT2D eigenvalue weighted by Crippen LogP contribution is -2.14. The molecule has 2 aromatic rings. The van der Waals surface area contributed by atoms with Crippen molar-refractivity contribution in [3.8, 4) is 11.3 Å². The highest BCUT2D eigenvalue weighted by Crippen LogP contribution is 2.32. The average Bonchev–Trinajstić information content (AvgIpc) is 3.05. The van der Waals surface area contributed by atoms with Crippen molar-refractivity contribution in [2.24, 2.45) is 0 Å². The first kappa shape index (κ1) is 12.5. The fourth-order valence-electron chi connectivity index (χ4n) is 1.84. The molecule has 1 aromatic heterocycles. The number of furan rings is 1. The molecule has 94 valence electrons. The van der Waals surface area contributed by atoms with Crippen LogP contribution in [0.4, 0.5) is 0 Å². The summed E-state index contributed by atoms with van der Waals surface area (Å²) in [5.41, 5.74) is 1.08. The maximum Gasteiger partial charge on any atom is 0.135 e. The summed E-state index contributed by atoms with van der Waals surface area (Å²) < 4.78 is 7.95. The monoisotopic (exact) mass is 369 g/mol. The van der Waals surface area contributed by atoms with Gasteiger partial charge in [0, 0.05) is 20.6 Å². The topological polar surface area (TPSA) is 25.2 Å². The zero-order valence-electron chi connectivity index (χ0n) is 9.75. The normalized spacial score (nSPS) is 15.0. The van der Waals surface area contributed by atoms with Crippen molar-refractivity contribution in [3.05, 3.63) is 45.0 Å². The highest BCUT2D eigenvalue weighted by molar-refractivity contribution is 9.11. The van der Waals surface area contributed by atoms with E-state index in [1.165, 1.54) is 12.8 Å². The molecule has 1 aliphatic rings. The van der Waals surface area contributed by atoms with Crippen molar-refractivity contribution in [1.82, 2.24) is 5.32 Å². The van der Waals surface area contributed by atoms with Gasteiger partial charge in [0.15, 0.2) is 0 Å². The number of benzene rings is 1. The number of hydrogen-bond donors (Lipinski definition) is 1. The molecule has 1 N–H and O–H groups in total. The van der Waals surface area contributed by atoms with E-state index in [1.54, 1.807) is 0 Å². The van der Waals surface area contributed by atoms with Gasteiger partial charge >= 0.3 is 0 Å². The van der Waals surface area contributed by atoms with Crippen LogP contribution in [0.5, 0.6) is 0 Å². The Balaban J connectivity index is 1.78. The Morgan fingerprint density at radius 1 is 1.17 bits per heavy atom. The second-order valence-corrected chi connectivity index (χ2v) is 6.32. The van der Waals surface area contributed by atoms with E-state index in [0.717, 1.165) is 32.6 Å². The summed E-state index contributed by atoms with van der Waals surface area (Å²) in [4.78, 5) is 0. The second kappa shape index (κ2) is 5.19. The zero-order valence-corrected chi connectivity index (χ0v) is 12.9. The standard InChI is InChI=1S/C14H13Br2NO/c15-9-1-5-12(13(16)7-9)14-6-4-11(18-14)8-17-10-2-3-10/h1,4-7,10,17H,2-3,8H2. The second-order valence-electron chi connectivity index (χ2n) is 4.55. The third kappa shape index (κ3) is 2.87. The molecule has 0 saturated heterocycles. The summed E-state index contributed by atoms with van der Waals surface area (Å²) in [5, 5.41) is 3.45. The van der Waals surface area contributed by atoms with Gasteiger partial charge in [0.2, 0.25) is 0 Å². The van der Waals surface area contributed by atoms with Crippen molar-refractivity contribution in [2.45, 2.75) is 25.4 Å². The van der Waals surface area contributed by atoms with Gasteiger partial charge in [-0.05, 0) is 59.1 Å². The van der Waals surface area contributed by atoms with Gasteiger partial charge in [-0.25, -0.2) is 0 Å². The predicted molar refractivity (Wildman–Crippen MR) is 79.4 cm³/mol. The Morgan fingerprint density at radius 2 is 2.00 bits per heavy atom. The number of hydrogen-bond acceptors (Lipinski definition) is 2. The Labute approximate surface area is 123 Å². The van der Waals surface area contributed by atoms with E-state index in [1.807, 2.05) is 30.3 Å². The Bertz CT molecular complexity index is 561. The summed E-state index contributed by atoms with van der Waals surface area (Å²) in [5.74, 6) is 1.90. The van der Waals surface area contributed by atoms with Crippen LogP contribution in [0.3, 0.4) is 0 Å². The SMILES string of the molecule is Brc1ccc(-c2ccc(CNC3CC3)o2)c(Br)c1. The molecule has 0 atom stereocenters. The molecular formula is C14H13Br2NO. The van der Waals surface area contributed by atoms with Gasteiger partial charge in [-0.2, -0.15) is 0 Å². The van der Waals surface area contributed by atoms with Crippen molar-refractivity contribution < 1.29 is 4.42 Å². The number of nitrogens with one attached hydrogen (secondary N) is 1. The summed E-state index contributed by atoms with van der Waals surface area (Å²) in [6.07, 6.45) is 2.59. The predicted octanol–water partition coefficient (Wildman–Crippen LogP) is 4.72. The van der Waals surface area contributed by atoms with E-state index in [0.29, 0.717) is 6.04 Å². The van der Waals surface area contributed by atoms with E-state index in [9.17, 15) is 0 Å². The molecule has 1 aromatic carbocycles. The van der Waals surface area contributed by atoms with Crippen LogP contribution in [0.1, 0.15) is 18.6 Å². The van der Waals surface area contributed by atoms with Crippen molar-refractivity contribution >= 4 is 31.9 Å². The molecule has 2 nitrogen and oxygen atoms in total. The first-order chi connectivity index (χ1) is 8.72. The molecule has 18 heavy (non-hydrogen) atoms. The molecule has 0 amide bonds. The highest BCUT2D eigenvalue weighted by Gasteiger charge is 2.20. The number of rotatable bonds is 4. The minimum absolute atomic E-state index is 0.706. The maximum atomic E-state index is 5.86. The Morgan fingerprint density at radius 3 is 2.72 bits per heavy atom. The quantitative estimate of drug-likeness (QED) is 0.841. The lowest BCUT2D eigenvalue weighted by Gasteiger charge is -2.02. The van der Waals surface area contributed by atoms with E-state index in [4.69, 9.17) is 4.42 Å². The van der Waals surface area contributed by atoms with Gasteiger partial charge in [-0.3, -0.25) is 0 Å². The molecule has 3 rings (SSSR count). The van der Waals surface area contributed by atoms with Gasteiger partial charge in [0.25, 0.3) is 0 Å². The van der Waals surface area contributed by atoms with Crippen LogP contribution in [-0.2, 0) is 6.54 Å². The zero-order chi connectivity index (χ0) is 12.5. The lowest BCUT2D eigenvalue weighted by molar-refractivity contribution is 0.492. The van der Waals surface area contributed by atoms with Crippen LogP contribution in [0, 0.1) is 0 Å². The van der Waals surface area contributed by atoms with Gasteiger partial charge in [0.05, 0.1) is 6.54 Å². The largest absolute Gasteiger partial charge is 0.460 e. The first-order valence-corrected chi connectivity index (χ1v) is 7.58. The molecule has 0 spiro atoms. The van der Waals surface area contributed by atoms with Crippen LogP contribution in [0.2, 0.25) is 0 Å². The van der Waals surface area contributed by atoms with Gasteiger partial charge in [-0.15, -0.1) is 0 Å². The van der Waals surface area contributed by atoms with Crippen LogP contribution < -0.4 is 5.32 Å². The molecule has 0 radical (unpaired) electrons. The first-order valence-electron chi connectivity index (χ1n) is 6.00. The minimum atomic E-state index is 0.706. The maximum absolute atomic E-state index is 5.86. The molecule has 0 unspecified atom stereocenters. The van der Waals surface area contributed by atoms with Crippen LogP contribution in [0.25, 0.3) is 11.3 Å². The third-order valence-corrected chi connectivity index (χ3v) is 4.15. The van der Waals surface area contributed by atoms with E-state index in [2.05, 4.69) is 37.2 Å². The minimum Gasteiger partial charge on any atom is -0.460 e. The molecule has 4 heteroatoms. The average molecular weight is 371 g/mol. The van der Waals surface area contributed by atoms with Crippen LogP contribution in [0.15, 0.2) is 43.7 Å². The van der Waals surface area contributed by atoms with E-state index >= 15 is 0 Å². The van der Waals surface area contributed by atoms with Crippen LogP contribution >= 0.6 is 31.9 Å². The molecule has 0 bridgehead atoms. The smallest absolute Gasteiger partial charge is 0.135 e. The fraction of sp³-hybridized carbons (Fsp3) is 0.286.